The zero-order valence-corrected chi connectivity index (χ0v) is 19.0. The molecule has 1 atom stereocenters. The Labute approximate surface area is 195 Å². The lowest BCUT2D eigenvalue weighted by atomic mass is 9.84. The minimum atomic E-state index is 0.246. The summed E-state index contributed by atoms with van der Waals surface area (Å²) in [5.74, 6) is 0.881. The quantitative estimate of drug-likeness (QED) is 0.450. The Bertz CT molecular complexity index is 1190. The fourth-order valence-electron chi connectivity index (χ4n) is 5.02. The standard InChI is InChI=1S/C27H32N6/c28-17-21(20-5-2-1-3-6-20)16-23-7-4-8-24(32-23)26-18-31-27-25(30-13-14-33(26)27)15-19-9-11-22(29)12-10-19/h1-8,13-14,18-19,21-22H,9-12,15-17,28-29H2. The molecule has 6 nitrogen and oxygen atoms in total. The van der Waals surface area contributed by atoms with Crippen molar-refractivity contribution in [3.63, 3.8) is 0 Å². The van der Waals surface area contributed by atoms with E-state index in [1.807, 2.05) is 24.7 Å². The summed E-state index contributed by atoms with van der Waals surface area (Å²) in [4.78, 5) is 14.4. The Morgan fingerprint density at radius 3 is 2.58 bits per heavy atom. The molecule has 1 saturated carbocycles. The lowest BCUT2D eigenvalue weighted by molar-refractivity contribution is 0.323. The average Bonchev–Trinajstić information content (AvgIpc) is 3.30. The molecule has 1 unspecified atom stereocenters. The Morgan fingerprint density at radius 2 is 1.79 bits per heavy atom. The number of imidazole rings is 1. The number of pyridine rings is 1. The van der Waals surface area contributed by atoms with Crippen LogP contribution in [-0.4, -0.2) is 31.9 Å². The molecule has 0 saturated heterocycles. The highest BCUT2D eigenvalue weighted by molar-refractivity contribution is 5.61. The van der Waals surface area contributed by atoms with Crippen molar-refractivity contribution in [2.24, 2.45) is 17.4 Å². The third kappa shape index (κ3) is 4.82. The Morgan fingerprint density at radius 1 is 0.970 bits per heavy atom. The van der Waals surface area contributed by atoms with E-state index in [1.165, 1.54) is 18.4 Å². The molecule has 4 aromatic rings. The summed E-state index contributed by atoms with van der Waals surface area (Å²) in [6.07, 6.45) is 12.1. The Hall–Kier alpha value is -3.09. The monoisotopic (exact) mass is 440 g/mol. The van der Waals surface area contributed by atoms with Gasteiger partial charge in [-0.15, -0.1) is 0 Å². The van der Waals surface area contributed by atoms with Gasteiger partial charge in [0.2, 0.25) is 0 Å². The highest BCUT2D eigenvalue weighted by atomic mass is 15.0. The zero-order valence-electron chi connectivity index (χ0n) is 19.0. The van der Waals surface area contributed by atoms with Crippen LogP contribution in [0.25, 0.3) is 17.0 Å². The van der Waals surface area contributed by atoms with E-state index in [2.05, 4.69) is 51.8 Å². The highest BCUT2D eigenvalue weighted by Crippen LogP contribution is 2.28. The van der Waals surface area contributed by atoms with Gasteiger partial charge < -0.3 is 11.5 Å². The van der Waals surface area contributed by atoms with Gasteiger partial charge in [-0.3, -0.25) is 14.4 Å². The summed E-state index contributed by atoms with van der Waals surface area (Å²) in [7, 11) is 0. The molecule has 3 heterocycles. The second-order valence-electron chi connectivity index (χ2n) is 9.26. The number of nitrogens with two attached hydrogens (primary N) is 2. The predicted octanol–water partition coefficient (Wildman–Crippen LogP) is 4.14. The number of fused-ring (bicyclic) bond motifs is 1. The van der Waals surface area contributed by atoms with E-state index in [1.54, 1.807) is 0 Å². The summed E-state index contributed by atoms with van der Waals surface area (Å²) in [5.41, 5.74) is 18.4. The zero-order chi connectivity index (χ0) is 22.6. The van der Waals surface area contributed by atoms with Crippen molar-refractivity contribution < 1.29 is 0 Å². The maximum Gasteiger partial charge on any atom is 0.159 e. The summed E-state index contributed by atoms with van der Waals surface area (Å²) < 4.78 is 2.13. The molecule has 1 fully saturated rings. The third-order valence-electron chi connectivity index (χ3n) is 6.95. The van der Waals surface area contributed by atoms with Crippen LogP contribution < -0.4 is 11.5 Å². The van der Waals surface area contributed by atoms with Gasteiger partial charge in [0.1, 0.15) is 0 Å². The van der Waals surface area contributed by atoms with Crippen LogP contribution in [0.1, 0.15) is 48.6 Å². The molecule has 1 aliphatic rings. The second-order valence-corrected chi connectivity index (χ2v) is 9.26. The van der Waals surface area contributed by atoms with E-state index < -0.39 is 0 Å². The van der Waals surface area contributed by atoms with Crippen LogP contribution in [0.15, 0.2) is 67.1 Å². The van der Waals surface area contributed by atoms with E-state index in [9.17, 15) is 0 Å². The number of aromatic nitrogens is 4. The fourth-order valence-corrected chi connectivity index (χ4v) is 5.02. The molecule has 1 aliphatic carbocycles. The van der Waals surface area contributed by atoms with E-state index in [0.29, 0.717) is 18.5 Å². The molecule has 5 rings (SSSR count). The molecule has 0 amide bonds. The maximum atomic E-state index is 6.10. The van der Waals surface area contributed by atoms with Crippen molar-refractivity contribution >= 4 is 5.65 Å². The largest absolute Gasteiger partial charge is 0.330 e. The topological polar surface area (TPSA) is 95.1 Å². The molecular weight excluding hydrogens is 408 g/mol. The van der Waals surface area contributed by atoms with E-state index >= 15 is 0 Å². The molecule has 0 spiro atoms. The summed E-state index contributed by atoms with van der Waals surface area (Å²) in [6.45, 7) is 0.590. The van der Waals surface area contributed by atoms with Crippen molar-refractivity contribution in [3.8, 4) is 11.4 Å². The molecule has 33 heavy (non-hydrogen) atoms. The molecule has 0 bridgehead atoms. The first-order chi connectivity index (χ1) is 16.2. The van der Waals surface area contributed by atoms with E-state index in [4.69, 9.17) is 21.4 Å². The van der Waals surface area contributed by atoms with Crippen LogP contribution in [-0.2, 0) is 12.8 Å². The number of nitrogens with zero attached hydrogens (tertiary/aromatic N) is 4. The van der Waals surface area contributed by atoms with Crippen molar-refractivity contribution in [3.05, 3.63) is 84.1 Å². The number of benzene rings is 1. The molecular formula is C27H32N6. The van der Waals surface area contributed by atoms with Crippen molar-refractivity contribution in [2.45, 2.75) is 50.5 Å². The first-order valence-corrected chi connectivity index (χ1v) is 12.0. The molecule has 0 aliphatic heterocycles. The van der Waals surface area contributed by atoms with E-state index in [-0.39, 0.29) is 5.92 Å². The minimum Gasteiger partial charge on any atom is -0.330 e. The van der Waals surface area contributed by atoms with E-state index in [0.717, 1.165) is 54.1 Å². The fraction of sp³-hybridized carbons (Fsp3) is 0.370. The van der Waals surface area contributed by atoms with Gasteiger partial charge in [0.15, 0.2) is 5.65 Å². The van der Waals surface area contributed by atoms with Crippen LogP contribution in [0.2, 0.25) is 0 Å². The molecule has 0 radical (unpaired) electrons. The predicted molar refractivity (Wildman–Crippen MR) is 132 cm³/mol. The SMILES string of the molecule is NCC(Cc1cccc(-c2cnc3c(CC4CCC(N)CC4)nccn23)n1)c1ccccc1. The van der Waals surface area contributed by atoms with Crippen LogP contribution >= 0.6 is 0 Å². The molecule has 1 aromatic carbocycles. The van der Waals surface area contributed by atoms with Gasteiger partial charge in [-0.25, -0.2) is 4.98 Å². The normalized spacial score (nSPS) is 19.6. The first-order valence-electron chi connectivity index (χ1n) is 12.0. The van der Waals surface area contributed by atoms with Gasteiger partial charge in [0, 0.05) is 30.0 Å². The van der Waals surface area contributed by atoms with Gasteiger partial charge in [-0.2, -0.15) is 0 Å². The second kappa shape index (κ2) is 9.81. The van der Waals surface area contributed by atoms with Gasteiger partial charge in [0.25, 0.3) is 0 Å². The van der Waals surface area contributed by atoms with Gasteiger partial charge in [-0.1, -0.05) is 36.4 Å². The molecule has 170 valence electrons. The molecule has 3 aromatic heterocycles. The lowest BCUT2D eigenvalue weighted by Crippen LogP contribution is -2.27. The Balaban J connectivity index is 1.39. The summed E-state index contributed by atoms with van der Waals surface area (Å²) in [6, 6.07) is 17.0. The van der Waals surface area contributed by atoms with Crippen LogP contribution in [0, 0.1) is 5.92 Å². The van der Waals surface area contributed by atoms with Gasteiger partial charge >= 0.3 is 0 Å². The average molecular weight is 441 g/mol. The maximum absolute atomic E-state index is 6.10. The number of hydrogen-bond donors (Lipinski definition) is 2. The number of rotatable bonds is 7. The first kappa shape index (κ1) is 21.7. The molecule has 6 heteroatoms. The minimum absolute atomic E-state index is 0.246. The van der Waals surface area contributed by atoms with Crippen LogP contribution in [0.5, 0.6) is 0 Å². The summed E-state index contributed by atoms with van der Waals surface area (Å²) >= 11 is 0. The van der Waals surface area contributed by atoms with Gasteiger partial charge in [-0.05, 0) is 68.7 Å². The smallest absolute Gasteiger partial charge is 0.159 e. The lowest BCUT2D eigenvalue weighted by Gasteiger charge is -2.25. The highest BCUT2D eigenvalue weighted by Gasteiger charge is 2.21. The van der Waals surface area contributed by atoms with Crippen LogP contribution in [0.3, 0.4) is 0 Å². The molecule has 4 N–H and O–H groups in total. The van der Waals surface area contributed by atoms with Crippen LogP contribution in [0.4, 0.5) is 0 Å². The van der Waals surface area contributed by atoms with Crippen molar-refractivity contribution in [1.82, 2.24) is 19.4 Å². The number of hydrogen-bond acceptors (Lipinski definition) is 5. The van der Waals surface area contributed by atoms with Crippen molar-refractivity contribution in [2.75, 3.05) is 6.54 Å². The summed E-state index contributed by atoms with van der Waals surface area (Å²) in [5, 5.41) is 0. The van der Waals surface area contributed by atoms with Gasteiger partial charge in [0.05, 0.1) is 23.3 Å². The Kier molecular flexibility index (Phi) is 6.46. The van der Waals surface area contributed by atoms with Crippen molar-refractivity contribution in [1.29, 1.82) is 0 Å². The third-order valence-corrected chi connectivity index (χ3v) is 6.95.